The predicted octanol–water partition coefficient (Wildman–Crippen LogP) is 3.90. The lowest BCUT2D eigenvalue weighted by molar-refractivity contribution is 0.178. The van der Waals surface area contributed by atoms with E-state index in [1.54, 1.807) is 19.1 Å². The van der Waals surface area contributed by atoms with Crippen LogP contribution in [0.3, 0.4) is 0 Å². The Kier molecular flexibility index (Phi) is 3.58. The van der Waals surface area contributed by atoms with E-state index in [9.17, 15) is 9.50 Å². The van der Waals surface area contributed by atoms with Gasteiger partial charge in [0.1, 0.15) is 5.82 Å². The summed E-state index contributed by atoms with van der Waals surface area (Å²) in [4.78, 5) is 0. The topological polar surface area (TPSA) is 20.2 Å². The Hall–Kier alpha value is -1.67. The van der Waals surface area contributed by atoms with E-state index < -0.39 is 6.10 Å². The van der Waals surface area contributed by atoms with Gasteiger partial charge in [-0.05, 0) is 60.1 Å². The Morgan fingerprint density at radius 2 is 1.90 bits per heavy atom. The van der Waals surface area contributed by atoms with Gasteiger partial charge in [0.25, 0.3) is 0 Å². The minimum Gasteiger partial charge on any atom is -0.388 e. The third kappa shape index (κ3) is 2.61. The molecule has 0 radical (unpaired) electrons. The first-order chi connectivity index (χ1) is 9.63. The van der Waals surface area contributed by atoms with E-state index in [1.165, 1.54) is 30.0 Å². The van der Waals surface area contributed by atoms with Gasteiger partial charge in [-0.3, -0.25) is 0 Å². The Morgan fingerprint density at radius 1 is 1.10 bits per heavy atom. The molecule has 1 unspecified atom stereocenters. The largest absolute Gasteiger partial charge is 0.388 e. The predicted molar refractivity (Wildman–Crippen MR) is 78.3 cm³/mol. The van der Waals surface area contributed by atoms with Crippen LogP contribution in [0.15, 0.2) is 36.4 Å². The molecule has 1 atom stereocenters. The third-order valence-corrected chi connectivity index (χ3v) is 4.16. The van der Waals surface area contributed by atoms with E-state index in [1.807, 2.05) is 0 Å². The second-order valence-electron chi connectivity index (χ2n) is 5.69. The zero-order chi connectivity index (χ0) is 14.1. The average Bonchev–Trinajstić information content (AvgIpc) is 2.89. The summed E-state index contributed by atoms with van der Waals surface area (Å²) in [6.07, 6.45) is 3.56. The van der Waals surface area contributed by atoms with Gasteiger partial charge in [-0.15, -0.1) is 0 Å². The number of benzene rings is 2. The van der Waals surface area contributed by atoms with Crippen LogP contribution in [0.4, 0.5) is 4.39 Å². The Bertz CT molecular complexity index is 633. The van der Waals surface area contributed by atoms with Crippen LogP contribution in [-0.2, 0) is 19.3 Å². The van der Waals surface area contributed by atoms with Crippen molar-refractivity contribution in [1.82, 2.24) is 0 Å². The van der Waals surface area contributed by atoms with Gasteiger partial charge in [0.15, 0.2) is 0 Å². The van der Waals surface area contributed by atoms with Crippen molar-refractivity contribution in [2.75, 3.05) is 0 Å². The molecule has 104 valence electrons. The molecule has 2 heteroatoms. The third-order valence-electron chi connectivity index (χ3n) is 4.16. The summed E-state index contributed by atoms with van der Waals surface area (Å²) in [6.45, 7) is 1.72. The van der Waals surface area contributed by atoms with E-state index in [-0.39, 0.29) is 5.82 Å². The van der Waals surface area contributed by atoms with Crippen LogP contribution in [0.5, 0.6) is 0 Å². The molecule has 0 spiro atoms. The fourth-order valence-electron chi connectivity index (χ4n) is 2.97. The second-order valence-corrected chi connectivity index (χ2v) is 5.69. The molecule has 1 aliphatic carbocycles. The van der Waals surface area contributed by atoms with Gasteiger partial charge in [-0.1, -0.05) is 30.3 Å². The molecule has 0 aliphatic heterocycles. The van der Waals surface area contributed by atoms with Crippen LogP contribution in [0.2, 0.25) is 0 Å². The van der Waals surface area contributed by atoms with Gasteiger partial charge in [-0.25, -0.2) is 4.39 Å². The maximum atomic E-state index is 13.3. The van der Waals surface area contributed by atoms with Gasteiger partial charge in [0.2, 0.25) is 0 Å². The Morgan fingerprint density at radius 3 is 2.70 bits per heavy atom. The minimum atomic E-state index is -0.575. The molecule has 0 fully saturated rings. The molecule has 1 aliphatic rings. The molecule has 1 nitrogen and oxygen atoms in total. The highest BCUT2D eigenvalue weighted by molar-refractivity contribution is 5.36. The number of hydrogen-bond acceptors (Lipinski definition) is 1. The van der Waals surface area contributed by atoms with Crippen LogP contribution >= 0.6 is 0 Å². The van der Waals surface area contributed by atoms with Crippen molar-refractivity contribution in [3.8, 4) is 0 Å². The van der Waals surface area contributed by atoms with Crippen LogP contribution < -0.4 is 0 Å². The smallest absolute Gasteiger partial charge is 0.126 e. The molecular formula is C18H19FO. The summed E-state index contributed by atoms with van der Waals surface area (Å²) in [6, 6.07) is 11.3. The van der Waals surface area contributed by atoms with Crippen LogP contribution in [0.25, 0.3) is 0 Å². The standard InChI is InChI=1S/C18H19FO/c1-12-9-16(7-8-17(12)19)18(20)11-13-5-6-14-3-2-4-15(14)10-13/h5-10,18,20H,2-4,11H2,1H3. The molecule has 0 aromatic heterocycles. The van der Waals surface area contributed by atoms with Crippen molar-refractivity contribution < 1.29 is 9.50 Å². The lowest BCUT2D eigenvalue weighted by Gasteiger charge is -2.13. The molecule has 0 bridgehead atoms. The molecule has 2 aromatic rings. The molecule has 0 saturated carbocycles. The molecule has 0 amide bonds. The molecule has 20 heavy (non-hydrogen) atoms. The van der Waals surface area contributed by atoms with Crippen molar-refractivity contribution in [2.24, 2.45) is 0 Å². The summed E-state index contributed by atoms with van der Waals surface area (Å²) < 4.78 is 13.3. The number of halogens is 1. The zero-order valence-electron chi connectivity index (χ0n) is 11.7. The quantitative estimate of drug-likeness (QED) is 0.897. The van der Waals surface area contributed by atoms with Crippen LogP contribution in [-0.4, -0.2) is 5.11 Å². The monoisotopic (exact) mass is 270 g/mol. The first kappa shape index (κ1) is 13.3. The lowest BCUT2D eigenvalue weighted by Crippen LogP contribution is -2.03. The number of rotatable bonds is 3. The molecule has 3 rings (SSSR count). The molecule has 0 saturated heterocycles. The summed E-state index contributed by atoms with van der Waals surface area (Å²) in [7, 11) is 0. The van der Waals surface area contributed by atoms with Gasteiger partial charge in [0.05, 0.1) is 6.10 Å². The van der Waals surface area contributed by atoms with Gasteiger partial charge >= 0.3 is 0 Å². The summed E-state index contributed by atoms with van der Waals surface area (Å²) in [5.74, 6) is -0.224. The van der Waals surface area contributed by atoms with Crippen LogP contribution in [0.1, 0.15) is 40.3 Å². The maximum absolute atomic E-state index is 13.3. The highest BCUT2D eigenvalue weighted by Crippen LogP contribution is 2.26. The highest BCUT2D eigenvalue weighted by Gasteiger charge is 2.14. The van der Waals surface area contributed by atoms with E-state index in [4.69, 9.17) is 0 Å². The summed E-state index contributed by atoms with van der Waals surface area (Å²) in [5.41, 5.74) is 5.38. The lowest BCUT2D eigenvalue weighted by atomic mass is 9.97. The van der Waals surface area contributed by atoms with Crippen LogP contribution in [0, 0.1) is 12.7 Å². The van der Waals surface area contributed by atoms with Crippen molar-refractivity contribution in [2.45, 2.75) is 38.7 Å². The first-order valence-electron chi connectivity index (χ1n) is 7.18. The normalized spacial score (nSPS) is 15.2. The summed E-state index contributed by atoms with van der Waals surface area (Å²) in [5, 5.41) is 10.3. The highest BCUT2D eigenvalue weighted by atomic mass is 19.1. The minimum absolute atomic E-state index is 0.224. The Balaban J connectivity index is 1.78. The van der Waals surface area contributed by atoms with Crippen molar-refractivity contribution >= 4 is 0 Å². The molecular weight excluding hydrogens is 251 g/mol. The van der Waals surface area contributed by atoms with Gasteiger partial charge in [-0.2, -0.15) is 0 Å². The SMILES string of the molecule is Cc1cc(C(O)Cc2ccc3c(c2)CCC3)ccc1F. The van der Waals surface area contributed by atoms with E-state index >= 15 is 0 Å². The number of hydrogen-bond donors (Lipinski definition) is 1. The fourth-order valence-corrected chi connectivity index (χ4v) is 2.97. The number of fused-ring (bicyclic) bond motifs is 1. The maximum Gasteiger partial charge on any atom is 0.126 e. The van der Waals surface area contributed by atoms with E-state index in [0.29, 0.717) is 12.0 Å². The van der Waals surface area contributed by atoms with Gasteiger partial charge < -0.3 is 5.11 Å². The van der Waals surface area contributed by atoms with Crippen molar-refractivity contribution in [1.29, 1.82) is 0 Å². The number of aliphatic hydroxyl groups excluding tert-OH is 1. The van der Waals surface area contributed by atoms with E-state index in [0.717, 1.165) is 17.5 Å². The number of aryl methyl sites for hydroxylation is 3. The number of aliphatic hydroxyl groups is 1. The molecule has 0 heterocycles. The molecule has 2 aromatic carbocycles. The second kappa shape index (κ2) is 5.37. The fraction of sp³-hybridized carbons (Fsp3) is 0.333. The molecule has 1 N–H and O–H groups in total. The average molecular weight is 270 g/mol. The Labute approximate surface area is 119 Å². The first-order valence-corrected chi connectivity index (χ1v) is 7.18. The summed E-state index contributed by atoms with van der Waals surface area (Å²) >= 11 is 0. The van der Waals surface area contributed by atoms with E-state index in [2.05, 4.69) is 18.2 Å². The zero-order valence-corrected chi connectivity index (χ0v) is 11.7. The van der Waals surface area contributed by atoms with Crippen molar-refractivity contribution in [3.05, 3.63) is 70.0 Å². The van der Waals surface area contributed by atoms with Gasteiger partial charge in [0, 0.05) is 6.42 Å². The van der Waals surface area contributed by atoms with Crippen molar-refractivity contribution in [3.63, 3.8) is 0 Å².